The van der Waals surface area contributed by atoms with E-state index in [9.17, 15) is 24.5 Å². The first kappa shape index (κ1) is 26.3. The van der Waals surface area contributed by atoms with Crippen molar-refractivity contribution in [2.24, 2.45) is 5.92 Å². The number of ether oxygens (including phenoxy) is 2. The van der Waals surface area contributed by atoms with Crippen LogP contribution in [-0.4, -0.2) is 52.1 Å². The molecule has 35 heavy (non-hydrogen) atoms. The number of aliphatic hydroxyl groups is 1. The maximum Gasteiger partial charge on any atom is 0.459 e. The van der Waals surface area contributed by atoms with Crippen molar-refractivity contribution in [3.05, 3.63) is 53.1 Å². The number of anilines is 1. The number of rotatable bonds is 9. The number of hydrogen-bond donors (Lipinski definition) is 3. The van der Waals surface area contributed by atoms with Crippen LogP contribution in [0, 0.1) is 17.2 Å². The van der Waals surface area contributed by atoms with E-state index >= 15 is 0 Å². The summed E-state index contributed by atoms with van der Waals surface area (Å²) in [6.07, 6.45) is -1.15. The lowest BCUT2D eigenvalue weighted by Crippen LogP contribution is -2.43. The summed E-state index contributed by atoms with van der Waals surface area (Å²) in [5, 5.41) is 23.2. The molecule has 188 valence electrons. The molecule has 1 aromatic carbocycles. The minimum Gasteiger partial charge on any atom is -0.468 e. The van der Waals surface area contributed by atoms with Gasteiger partial charge in [0.25, 0.3) is 0 Å². The number of methoxy groups -OCH3 is 1. The van der Waals surface area contributed by atoms with E-state index in [0.717, 1.165) is 4.57 Å². The fraction of sp³-hybridized carbons (Fsp3) is 0.429. The van der Waals surface area contributed by atoms with E-state index in [-0.39, 0.29) is 11.6 Å². The van der Waals surface area contributed by atoms with Crippen molar-refractivity contribution in [3.63, 3.8) is 0 Å². The van der Waals surface area contributed by atoms with Crippen molar-refractivity contribution in [3.8, 4) is 11.8 Å². The number of carbonyl (C=O) groups excluding carboxylic acids is 1. The number of aromatic nitrogens is 2. The summed E-state index contributed by atoms with van der Waals surface area (Å²) in [5.74, 6) is -1.76. The van der Waals surface area contributed by atoms with Crippen LogP contribution in [0.2, 0.25) is 0 Å². The Kier molecular flexibility index (Phi) is 7.94. The average molecular weight is 507 g/mol. The van der Waals surface area contributed by atoms with Crippen LogP contribution in [0.1, 0.15) is 20.1 Å². The van der Waals surface area contributed by atoms with Crippen LogP contribution in [0.3, 0.4) is 0 Å². The number of para-hydroxylation sites is 1. The van der Waals surface area contributed by atoms with Crippen molar-refractivity contribution < 1.29 is 33.0 Å². The average Bonchev–Trinajstić information content (AvgIpc) is 3.06. The summed E-state index contributed by atoms with van der Waals surface area (Å²) in [7, 11) is -3.06. The van der Waals surface area contributed by atoms with Gasteiger partial charge in [0.05, 0.1) is 19.8 Å². The highest BCUT2D eigenvalue weighted by molar-refractivity contribution is 7.52. The summed E-state index contributed by atoms with van der Waals surface area (Å²) in [5.41, 5.74) is 2.91. The van der Waals surface area contributed by atoms with E-state index in [1.807, 2.05) is 6.07 Å². The number of nitrogens with one attached hydrogen (secondary N) is 1. The van der Waals surface area contributed by atoms with Crippen LogP contribution < -0.4 is 21.0 Å². The smallest absolute Gasteiger partial charge is 0.459 e. The molecule has 0 radical (unpaired) electrons. The predicted octanol–water partition coefficient (Wildman–Crippen LogP) is 0.968. The third-order valence-electron chi connectivity index (χ3n) is 5.41. The summed E-state index contributed by atoms with van der Waals surface area (Å²) >= 11 is 0. The number of hydrogen-bond acceptors (Lipinski definition) is 11. The van der Waals surface area contributed by atoms with Gasteiger partial charge in [-0.05, 0) is 32.0 Å². The summed E-state index contributed by atoms with van der Waals surface area (Å²) in [6, 6.07) is 10.3. The highest BCUT2D eigenvalue weighted by Gasteiger charge is 2.55. The second kappa shape index (κ2) is 10.6. The van der Waals surface area contributed by atoms with Crippen molar-refractivity contribution in [1.29, 1.82) is 5.26 Å². The number of nitrogen functional groups attached to an aromatic ring is 1. The largest absolute Gasteiger partial charge is 0.468 e. The Hall–Kier alpha value is -3.27. The Morgan fingerprint density at radius 1 is 1.43 bits per heavy atom. The van der Waals surface area contributed by atoms with Gasteiger partial charge in [-0.15, -0.1) is 0 Å². The molecule has 2 aromatic rings. The van der Waals surface area contributed by atoms with E-state index in [1.165, 1.54) is 45.4 Å². The van der Waals surface area contributed by atoms with Crippen molar-refractivity contribution >= 4 is 19.5 Å². The second-order valence-electron chi connectivity index (χ2n) is 7.96. The normalized spacial score (nSPS) is 26.3. The molecule has 14 heteroatoms. The molecule has 1 fully saturated rings. The van der Waals surface area contributed by atoms with E-state index in [0.29, 0.717) is 0 Å². The van der Waals surface area contributed by atoms with Gasteiger partial charge in [-0.3, -0.25) is 13.9 Å². The van der Waals surface area contributed by atoms with Gasteiger partial charge in [-0.25, -0.2) is 9.36 Å². The SMILES string of the molecule is COC(=O)[C@H](C)NP(=O)(OC[C@H]1O[C@@H](n2ccc(N)nc2=O)[C@H](C#N)[C@]1(C)O)Oc1ccccc1. The molecule has 1 aliphatic rings. The van der Waals surface area contributed by atoms with E-state index in [4.69, 9.17) is 19.5 Å². The highest BCUT2D eigenvalue weighted by Crippen LogP contribution is 2.48. The molecule has 0 saturated carbocycles. The van der Waals surface area contributed by atoms with Crippen LogP contribution in [0.15, 0.2) is 47.4 Å². The van der Waals surface area contributed by atoms with Gasteiger partial charge in [0, 0.05) is 6.20 Å². The minimum absolute atomic E-state index is 0.0193. The van der Waals surface area contributed by atoms with Crippen molar-refractivity contribution in [1.82, 2.24) is 14.6 Å². The number of nitriles is 1. The van der Waals surface area contributed by atoms with Crippen LogP contribution in [0.5, 0.6) is 5.75 Å². The molecule has 1 unspecified atom stereocenters. The third kappa shape index (κ3) is 5.87. The maximum atomic E-state index is 13.5. The zero-order valence-corrected chi connectivity index (χ0v) is 20.1. The van der Waals surface area contributed by atoms with Crippen molar-refractivity contribution in [2.75, 3.05) is 19.5 Å². The van der Waals surface area contributed by atoms with Gasteiger partial charge >= 0.3 is 19.4 Å². The van der Waals surface area contributed by atoms with Crippen molar-refractivity contribution in [2.45, 2.75) is 37.8 Å². The van der Waals surface area contributed by atoms with E-state index < -0.39 is 55.9 Å². The lowest BCUT2D eigenvalue weighted by atomic mass is 9.87. The number of carbonyl (C=O) groups is 1. The van der Waals surface area contributed by atoms with Crippen LogP contribution >= 0.6 is 7.75 Å². The summed E-state index contributed by atoms with van der Waals surface area (Å²) < 4.78 is 36.1. The van der Waals surface area contributed by atoms with Crippen LogP contribution in [0.4, 0.5) is 5.82 Å². The second-order valence-corrected chi connectivity index (χ2v) is 9.66. The number of nitrogens with zero attached hydrogens (tertiary/aromatic N) is 3. The molecule has 2 heterocycles. The molecular formula is C21H26N5O8P. The Morgan fingerprint density at radius 2 is 2.11 bits per heavy atom. The quantitative estimate of drug-likeness (QED) is 0.323. The Morgan fingerprint density at radius 3 is 2.71 bits per heavy atom. The standard InChI is InChI=1S/C21H26N5O8P/c1-13(19(27)31-3)25-35(30,34-14-7-5-4-6-8-14)32-12-16-21(2,29)15(11-22)18(33-16)26-10-9-17(23)24-20(26)28/h4-10,13,15-16,18,29H,12H2,1-3H3,(H,25,30)(H2,23,24,28)/t13-,15-,16+,18+,21-,35?/m0/s1. The molecule has 0 spiro atoms. The third-order valence-corrected chi connectivity index (χ3v) is 7.05. The molecule has 0 aliphatic carbocycles. The molecule has 6 atom stereocenters. The molecule has 0 bridgehead atoms. The highest BCUT2D eigenvalue weighted by atomic mass is 31.2. The zero-order chi connectivity index (χ0) is 25.8. The molecule has 1 aliphatic heterocycles. The summed E-state index contributed by atoms with van der Waals surface area (Å²) in [4.78, 5) is 27.8. The zero-order valence-electron chi connectivity index (χ0n) is 19.2. The van der Waals surface area contributed by atoms with E-state index in [1.54, 1.807) is 18.2 Å². The lowest BCUT2D eigenvalue weighted by Gasteiger charge is -2.28. The predicted molar refractivity (Wildman–Crippen MR) is 122 cm³/mol. The number of benzene rings is 1. The Balaban J connectivity index is 1.84. The first-order valence-electron chi connectivity index (χ1n) is 10.5. The minimum atomic E-state index is -4.23. The molecule has 3 rings (SSSR count). The van der Waals surface area contributed by atoms with Crippen LogP contribution in [0.25, 0.3) is 0 Å². The monoisotopic (exact) mass is 507 g/mol. The maximum absolute atomic E-state index is 13.5. The topological polar surface area (TPSA) is 188 Å². The number of nitrogens with two attached hydrogens (primary N) is 1. The molecular weight excluding hydrogens is 481 g/mol. The summed E-state index contributed by atoms with van der Waals surface area (Å²) in [6.45, 7) is 2.21. The molecule has 1 saturated heterocycles. The first-order chi connectivity index (χ1) is 16.5. The Bertz CT molecular complexity index is 1200. The lowest BCUT2D eigenvalue weighted by molar-refractivity contribution is -0.142. The van der Waals surface area contributed by atoms with Gasteiger partial charge in [0.2, 0.25) is 0 Å². The fourth-order valence-electron chi connectivity index (χ4n) is 3.46. The van der Waals surface area contributed by atoms with Gasteiger partial charge in [-0.2, -0.15) is 15.3 Å². The van der Waals surface area contributed by atoms with Gasteiger partial charge in [-0.1, -0.05) is 18.2 Å². The van der Waals surface area contributed by atoms with E-state index in [2.05, 4.69) is 14.8 Å². The molecule has 4 N–H and O–H groups in total. The van der Waals surface area contributed by atoms with Crippen LogP contribution in [-0.2, 0) is 23.4 Å². The van der Waals surface area contributed by atoms with Gasteiger partial charge in [0.15, 0.2) is 6.23 Å². The molecule has 0 amide bonds. The van der Waals surface area contributed by atoms with Gasteiger partial charge < -0.3 is 24.8 Å². The first-order valence-corrected chi connectivity index (χ1v) is 12.0. The molecule has 13 nitrogen and oxygen atoms in total. The Labute approximate surface area is 201 Å². The number of esters is 1. The molecule has 1 aromatic heterocycles. The van der Waals surface area contributed by atoms with Gasteiger partial charge in [0.1, 0.15) is 35.2 Å². The fourth-order valence-corrected chi connectivity index (χ4v) is 4.95.